The summed E-state index contributed by atoms with van der Waals surface area (Å²) in [7, 11) is 0. The Morgan fingerprint density at radius 2 is 2.10 bits per heavy atom. The number of rotatable bonds is 4. The molecule has 3 nitrogen and oxygen atoms in total. The molecule has 0 saturated carbocycles. The third-order valence-electron chi connectivity index (χ3n) is 4.00. The molecule has 1 fully saturated rings. The highest BCUT2D eigenvalue weighted by molar-refractivity contribution is 9.10. The molecule has 0 radical (unpaired) electrons. The van der Waals surface area contributed by atoms with Crippen LogP contribution in [0.4, 0.5) is 0 Å². The van der Waals surface area contributed by atoms with E-state index in [0.717, 1.165) is 30.4 Å². The van der Waals surface area contributed by atoms with E-state index in [1.165, 1.54) is 5.56 Å². The van der Waals surface area contributed by atoms with Crippen LogP contribution in [-0.4, -0.2) is 25.5 Å². The lowest BCUT2D eigenvalue weighted by Gasteiger charge is -2.28. The first kappa shape index (κ1) is 15.5. The quantitative estimate of drug-likeness (QED) is 0.886. The summed E-state index contributed by atoms with van der Waals surface area (Å²) in [6.45, 7) is 6.84. The van der Waals surface area contributed by atoms with Gasteiger partial charge in [0.15, 0.2) is 0 Å². The van der Waals surface area contributed by atoms with E-state index in [9.17, 15) is 4.79 Å². The van der Waals surface area contributed by atoms with Gasteiger partial charge in [-0.05, 0) is 37.1 Å². The lowest BCUT2D eigenvalue weighted by molar-refractivity contribution is -0.125. The van der Waals surface area contributed by atoms with Crippen LogP contribution < -0.4 is 10.6 Å². The van der Waals surface area contributed by atoms with Gasteiger partial charge in [0.2, 0.25) is 5.91 Å². The Bertz CT molecular complexity index is 450. The molecule has 2 rings (SSSR count). The maximum absolute atomic E-state index is 12.2. The summed E-state index contributed by atoms with van der Waals surface area (Å²) in [5.74, 6) is 0.312. The Hall–Kier alpha value is -0.870. The molecule has 0 bridgehead atoms. The van der Waals surface area contributed by atoms with E-state index in [-0.39, 0.29) is 17.2 Å². The highest BCUT2D eigenvalue weighted by Gasteiger charge is 2.25. The molecule has 1 aromatic rings. The third kappa shape index (κ3) is 4.06. The van der Waals surface area contributed by atoms with Crippen molar-refractivity contribution in [3.05, 3.63) is 34.3 Å². The van der Waals surface area contributed by atoms with E-state index >= 15 is 0 Å². The fraction of sp³-hybridized carbons (Fsp3) is 0.562. The van der Waals surface area contributed by atoms with E-state index in [0.29, 0.717) is 6.54 Å². The fourth-order valence-corrected chi connectivity index (χ4v) is 2.80. The predicted molar refractivity (Wildman–Crippen MR) is 85.8 cm³/mol. The van der Waals surface area contributed by atoms with Crippen molar-refractivity contribution in [2.75, 3.05) is 19.6 Å². The average Bonchev–Trinajstić information content (AvgIpc) is 2.46. The number of carbonyl (C=O) groups excluding carboxylic acids is 1. The van der Waals surface area contributed by atoms with Crippen LogP contribution in [0.5, 0.6) is 0 Å². The van der Waals surface area contributed by atoms with Crippen molar-refractivity contribution in [1.82, 2.24) is 10.6 Å². The van der Waals surface area contributed by atoms with Crippen molar-refractivity contribution in [2.24, 2.45) is 5.92 Å². The van der Waals surface area contributed by atoms with Crippen LogP contribution in [0.1, 0.15) is 32.3 Å². The molecule has 2 N–H and O–H groups in total. The molecule has 1 heterocycles. The van der Waals surface area contributed by atoms with E-state index < -0.39 is 0 Å². The summed E-state index contributed by atoms with van der Waals surface area (Å²) in [5, 5.41) is 6.40. The van der Waals surface area contributed by atoms with Gasteiger partial charge in [0, 0.05) is 23.0 Å². The van der Waals surface area contributed by atoms with Crippen LogP contribution in [0, 0.1) is 5.92 Å². The van der Waals surface area contributed by atoms with Crippen molar-refractivity contribution < 1.29 is 4.79 Å². The molecule has 20 heavy (non-hydrogen) atoms. The van der Waals surface area contributed by atoms with Crippen molar-refractivity contribution in [2.45, 2.75) is 32.1 Å². The first-order chi connectivity index (χ1) is 9.49. The second kappa shape index (κ2) is 6.72. The first-order valence-electron chi connectivity index (χ1n) is 7.23. The van der Waals surface area contributed by atoms with Gasteiger partial charge in [0.05, 0.1) is 5.92 Å². The molecule has 1 aromatic carbocycles. The van der Waals surface area contributed by atoms with Crippen LogP contribution in [0.2, 0.25) is 0 Å². The SMILES string of the molecule is CC(C)(CNC(=O)C1CCCNC1)c1ccc(Br)cc1. The minimum absolute atomic E-state index is 0.0571. The summed E-state index contributed by atoms with van der Waals surface area (Å²) in [6, 6.07) is 8.31. The van der Waals surface area contributed by atoms with Gasteiger partial charge < -0.3 is 10.6 Å². The fourth-order valence-electron chi connectivity index (χ4n) is 2.53. The summed E-state index contributed by atoms with van der Waals surface area (Å²) in [4.78, 5) is 12.2. The number of piperidine rings is 1. The van der Waals surface area contributed by atoms with Crippen molar-refractivity contribution >= 4 is 21.8 Å². The zero-order valence-corrected chi connectivity index (χ0v) is 13.8. The van der Waals surface area contributed by atoms with Gasteiger partial charge in [0.1, 0.15) is 0 Å². The molecule has 1 amide bonds. The number of benzene rings is 1. The number of halogens is 1. The largest absolute Gasteiger partial charge is 0.355 e. The van der Waals surface area contributed by atoms with Gasteiger partial charge in [-0.15, -0.1) is 0 Å². The smallest absolute Gasteiger partial charge is 0.224 e. The average molecular weight is 339 g/mol. The highest BCUT2D eigenvalue weighted by atomic mass is 79.9. The minimum atomic E-state index is -0.0571. The number of hydrogen-bond donors (Lipinski definition) is 2. The highest BCUT2D eigenvalue weighted by Crippen LogP contribution is 2.24. The van der Waals surface area contributed by atoms with Crippen LogP contribution >= 0.6 is 15.9 Å². The molecular formula is C16H23BrN2O. The Morgan fingerprint density at radius 3 is 2.70 bits per heavy atom. The summed E-state index contributed by atoms with van der Waals surface area (Å²) in [5.41, 5.74) is 1.18. The van der Waals surface area contributed by atoms with Gasteiger partial charge >= 0.3 is 0 Å². The Kier molecular flexibility index (Phi) is 5.22. The summed E-state index contributed by atoms with van der Waals surface area (Å²) >= 11 is 3.45. The molecule has 1 aliphatic rings. The molecule has 1 aliphatic heterocycles. The molecule has 1 saturated heterocycles. The zero-order chi connectivity index (χ0) is 14.6. The van der Waals surface area contributed by atoms with Crippen LogP contribution in [0.15, 0.2) is 28.7 Å². The van der Waals surface area contributed by atoms with Gasteiger partial charge in [-0.2, -0.15) is 0 Å². The van der Waals surface area contributed by atoms with Crippen LogP contribution in [-0.2, 0) is 10.2 Å². The summed E-state index contributed by atoms with van der Waals surface area (Å²) in [6.07, 6.45) is 2.09. The normalized spacial score (nSPS) is 19.6. The van der Waals surface area contributed by atoms with Crippen LogP contribution in [0.3, 0.4) is 0 Å². The Labute approximate surface area is 129 Å². The molecule has 1 atom stereocenters. The molecular weight excluding hydrogens is 316 g/mol. The molecule has 1 unspecified atom stereocenters. The maximum Gasteiger partial charge on any atom is 0.224 e. The van der Waals surface area contributed by atoms with Gasteiger partial charge in [-0.3, -0.25) is 4.79 Å². The van der Waals surface area contributed by atoms with Gasteiger partial charge in [-0.1, -0.05) is 41.9 Å². The number of carbonyl (C=O) groups is 1. The lowest BCUT2D eigenvalue weighted by atomic mass is 9.84. The minimum Gasteiger partial charge on any atom is -0.355 e. The first-order valence-corrected chi connectivity index (χ1v) is 8.03. The van der Waals surface area contributed by atoms with E-state index in [2.05, 4.69) is 52.5 Å². The van der Waals surface area contributed by atoms with E-state index in [1.807, 2.05) is 12.1 Å². The standard InChI is InChI=1S/C16H23BrN2O/c1-16(2,13-5-7-14(17)8-6-13)11-19-15(20)12-4-3-9-18-10-12/h5-8,12,18H,3-4,9-11H2,1-2H3,(H,19,20). The topological polar surface area (TPSA) is 41.1 Å². The lowest BCUT2D eigenvalue weighted by Crippen LogP contribution is -2.44. The molecule has 0 aromatic heterocycles. The number of nitrogens with one attached hydrogen (secondary N) is 2. The zero-order valence-electron chi connectivity index (χ0n) is 12.2. The van der Waals surface area contributed by atoms with Gasteiger partial charge in [-0.25, -0.2) is 0 Å². The summed E-state index contributed by atoms with van der Waals surface area (Å²) < 4.78 is 1.08. The van der Waals surface area contributed by atoms with E-state index in [1.54, 1.807) is 0 Å². The maximum atomic E-state index is 12.2. The number of amides is 1. The molecule has 0 aliphatic carbocycles. The van der Waals surface area contributed by atoms with Crippen molar-refractivity contribution in [1.29, 1.82) is 0 Å². The van der Waals surface area contributed by atoms with Gasteiger partial charge in [0.25, 0.3) is 0 Å². The van der Waals surface area contributed by atoms with Crippen LogP contribution in [0.25, 0.3) is 0 Å². The monoisotopic (exact) mass is 338 g/mol. The Morgan fingerprint density at radius 1 is 1.40 bits per heavy atom. The second-order valence-electron chi connectivity index (χ2n) is 6.15. The van der Waals surface area contributed by atoms with Crippen molar-refractivity contribution in [3.63, 3.8) is 0 Å². The number of hydrogen-bond acceptors (Lipinski definition) is 2. The Balaban J connectivity index is 1.91. The van der Waals surface area contributed by atoms with E-state index in [4.69, 9.17) is 0 Å². The molecule has 0 spiro atoms. The predicted octanol–water partition coefficient (Wildman–Crippen LogP) is 2.84. The molecule has 110 valence electrons. The molecule has 4 heteroatoms. The van der Waals surface area contributed by atoms with Crippen molar-refractivity contribution in [3.8, 4) is 0 Å². The third-order valence-corrected chi connectivity index (χ3v) is 4.53. The second-order valence-corrected chi connectivity index (χ2v) is 7.07.